The molecule has 5 aliphatic rings. The molecule has 49 heavy (non-hydrogen) atoms. The second kappa shape index (κ2) is 14.7. The van der Waals surface area contributed by atoms with E-state index in [-0.39, 0.29) is 27.6 Å². The molecule has 0 spiro atoms. The van der Waals surface area contributed by atoms with Gasteiger partial charge in [-0.15, -0.1) is 0 Å². The Morgan fingerprint density at radius 3 is 2.16 bits per heavy atom. The van der Waals surface area contributed by atoms with Crippen molar-refractivity contribution < 1.29 is 9.90 Å². The molecule has 2 bridgehead atoms. The summed E-state index contributed by atoms with van der Waals surface area (Å²) < 4.78 is 0. The van der Waals surface area contributed by atoms with Crippen LogP contribution in [-0.4, -0.2) is 60.5 Å². The molecule has 6 rings (SSSR count). The third-order valence-corrected chi connectivity index (χ3v) is 15.6. The summed E-state index contributed by atoms with van der Waals surface area (Å²) in [5.74, 6) is 2.53. The number of allylic oxidation sites excluding steroid dienone is 2. The number of hydrogen-bond donors (Lipinski definition) is 1. The van der Waals surface area contributed by atoms with Crippen LogP contribution in [0.3, 0.4) is 0 Å². The Morgan fingerprint density at radius 2 is 1.51 bits per heavy atom. The van der Waals surface area contributed by atoms with Gasteiger partial charge >= 0.3 is 0 Å². The number of hydrogen-bond acceptors (Lipinski definition) is 4. The standard InChI is InChI=1S/C44H69ClN2O2/c1-31(2)38-37(48)28-44(24-22-41(4,5)32(3)39(38)44)43-21-19-35(34-12-10-8-9-11-13-34)18-20-42(23-25-43,40(43)49)30-47(27-26-46(6)7)29-33-14-16-36(45)17-15-33/h14-17,31-32,34-35,40,49H,8-13,18-30H2,1-7H3/t32-,35?,40+,42?,43?,44?/m1/s1. The Kier molecular flexibility index (Phi) is 11.2. The van der Waals surface area contributed by atoms with Gasteiger partial charge in [0.05, 0.1) is 6.10 Å². The number of benzene rings is 1. The van der Waals surface area contributed by atoms with Crippen LogP contribution < -0.4 is 0 Å². The SMILES string of the molecule is CC(C)C1=C2[C@@H](C)C(C)(C)CCC2(C23CCC(C4CCCCCC4)CCC(CN(CCN(C)C)Cc4ccc(Cl)cc4)(CC2)[C@@H]3O)CC1=O. The van der Waals surface area contributed by atoms with E-state index in [0.717, 1.165) is 87.1 Å². The summed E-state index contributed by atoms with van der Waals surface area (Å²) in [6, 6.07) is 8.39. The van der Waals surface area contributed by atoms with Gasteiger partial charge in [-0.05, 0) is 118 Å². The number of carbonyl (C=O) groups is 1. The monoisotopic (exact) mass is 693 g/mol. The van der Waals surface area contributed by atoms with E-state index in [0.29, 0.717) is 18.1 Å². The van der Waals surface area contributed by atoms with Gasteiger partial charge in [0.1, 0.15) is 0 Å². The van der Waals surface area contributed by atoms with Gasteiger partial charge in [0.2, 0.25) is 0 Å². The number of fused-ring (bicyclic) bond motifs is 4. The van der Waals surface area contributed by atoms with Crippen LogP contribution in [0.4, 0.5) is 0 Å². The zero-order valence-corrected chi connectivity index (χ0v) is 33.0. The van der Waals surface area contributed by atoms with Gasteiger partial charge in [0, 0.05) is 53.9 Å². The zero-order chi connectivity index (χ0) is 35.2. The molecule has 5 aliphatic carbocycles. The molecule has 274 valence electrons. The molecule has 1 aromatic carbocycles. The highest BCUT2D eigenvalue weighted by atomic mass is 35.5. The summed E-state index contributed by atoms with van der Waals surface area (Å²) in [6.07, 6.45) is 17.5. The third kappa shape index (κ3) is 7.00. The average Bonchev–Trinajstić information content (AvgIpc) is 3.38. The van der Waals surface area contributed by atoms with Gasteiger partial charge in [0.25, 0.3) is 0 Å². The Morgan fingerprint density at radius 1 is 0.857 bits per heavy atom. The lowest BCUT2D eigenvalue weighted by Crippen LogP contribution is -2.57. The van der Waals surface area contributed by atoms with Crippen LogP contribution in [0.25, 0.3) is 0 Å². The van der Waals surface area contributed by atoms with E-state index >= 15 is 0 Å². The first-order valence-electron chi connectivity index (χ1n) is 20.3. The van der Waals surface area contributed by atoms with Crippen LogP contribution in [0.15, 0.2) is 35.4 Å². The third-order valence-electron chi connectivity index (χ3n) is 15.3. The number of likely N-dealkylation sites (N-methyl/N-ethyl adjacent to an activating group) is 1. The second-order valence-corrected chi connectivity index (χ2v) is 19.5. The quantitative estimate of drug-likeness (QED) is 0.248. The lowest BCUT2D eigenvalue weighted by molar-refractivity contribution is -0.135. The minimum absolute atomic E-state index is 0.160. The largest absolute Gasteiger partial charge is 0.392 e. The van der Waals surface area contributed by atoms with Crippen molar-refractivity contribution in [3.8, 4) is 0 Å². The molecule has 0 amide bonds. The molecule has 0 aliphatic heterocycles. The lowest BCUT2D eigenvalue weighted by Gasteiger charge is -2.59. The highest BCUT2D eigenvalue weighted by Crippen LogP contribution is 2.74. The second-order valence-electron chi connectivity index (χ2n) is 19.0. The number of Topliss-reactive ketones (excluding diaryl/α,β-unsaturated/α-hetero) is 1. The maximum absolute atomic E-state index is 14.3. The van der Waals surface area contributed by atoms with E-state index in [9.17, 15) is 9.90 Å². The highest BCUT2D eigenvalue weighted by molar-refractivity contribution is 6.30. The fourth-order valence-electron chi connectivity index (χ4n) is 12.2. The molecule has 1 N–H and O–H groups in total. The van der Waals surface area contributed by atoms with Crippen molar-refractivity contribution in [2.75, 3.05) is 33.7 Å². The molecular formula is C44H69ClN2O2. The van der Waals surface area contributed by atoms with Gasteiger partial charge in [-0.3, -0.25) is 9.69 Å². The van der Waals surface area contributed by atoms with Crippen LogP contribution >= 0.6 is 11.6 Å². The molecule has 0 aromatic heterocycles. The Balaban J connectivity index is 1.44. The number of aliphatic hydroxyl groups is 1. The van der Waals surface area contributed by atoms with Crippen LogP contribution in [0, 0.1) is 45.3 Å². The average molecular weight is 694 g/mol. The van der Waals surface area contributed by atoms with Gasteiger partial charge in [-0.25, -0.2) is 0 Å². The first-order chi connectivity index (χ1) is 23.2. The lowest BCUT2D eigenvalue weighted by atomic mass is 9.45. The minimum atomic E-state index is -0.398. The Bertz CT molecular complexity index is 1340. The number of halogens is 1. The number of ketones is 1. The van der Waals surface area contributed by atoms with Crippen molar-refractivity contribution in [2.24, 2.45) is 45.3 Å². The molecule has 0 radical (unpaired) electrons. The molecular weight excluding hydrogens is 624 g/mol. The van der Waals surface area contributed by atoms with Gasteiger partial charge < -0.3 is 10.0 Å². The molecule has 0 heterocycles. The summed E-state index contributed by atoms with van der Waals surface area (Å²) >= 11 is 6.32. The van der Waals surface area contributed by atoms with Crippen LogP contribution in [0.5, 0.6) is 0 Å². The predicted molar refractivity (Wildman–Crippen MR) is 205 cm³/mol. The maximum Gasteiger partial charge on any atom is 0.160 e. The molecule has 5 heteroatoms. The first-order valence-corrected chi connectivity index (χ1v) is 20.7. The maximum atomic E-state index is 14.3. The summed E-state index contributed by atoms with van der Waals surface area (Å²) in [5.41, 5.74) is 3.45. The van der Waals surface area contributed by atoms with E-state index in [2.05, 4.69) is 70.6 Å². The van der Waals surface area contributed by atoms with Gasteiger partial charge in [0.15, 0.2) is 5.78 Å². The van der Waals surface area contributed by atoms with Gasteiger partial charge in [-0.2, -0.15) is 0 Å². The summed E-state index contributed by atoms with van der Waals surface area (Å²) in [7, 11) is 4.34. The Labute approximate surface area is 304 Å². The smallest absolute Gasteiger partial charge is 0.160 e. The van der Waals surface area contributed by atoms with Crippen molar-refractivity contribution in [1.29, 1.82) is 0 Å². The normalized spacial score (nSPS) is 35.6. The van der Waals surface area contributed by atoms with E-state index in [1.807, 2.05) is 12.1 Å². The van der Waals surface area contributed by atoms with Crippen LogP contribution in [0.1, 0.15) is 136 Å². The minimum Gasteiger partial charge on any atom is -0.392 e. The molecule has 4 unspecified atom stereocenters. The van der Waals surface area contributed by atoms with Crippen molar-refractivity contribution in [3.05, 3.63) is 46.0 Å². The van der Waals surface area contributed by atoms with Crippen LogP contribution in [0.2, 0.25) is 5.02 Å². The number of rotatable bonds is 10. The molecule has 4 fully saturated rings. The fraction of sp³-hybridized carbons (Fsp3) is 0.795. The predicted octanol–water partition coefficient (Wildman–Crippen LogP) is 10.4. The van der Waals surface area contributed by atoms with E-state index < -0.39 is 6.10 Å². The van der Waals surface area contributed by atoms with Crippen molar-refractivity contribution >= 4 is 17.4 Å². The first kappa shape index (κ1) is 37.6. The zero-order valence-electron chi connectivity index (χ0n) is 32.3. The van der Waals surface area contributed by atoms with E-state index in [4.69, 9.17) is 11.6 Å². The van der Waals surface area contributed by atoms with Crippen LogP contribution in [-0.2, 0) is 11.3 Å². The van der Waals surface area contributed by atoms with Crippen molar-refractivity contribution in [1.82, 2.24) is 9.80 Å². The van der Waals surface area contributed by atoms with Crippen molar-refractivity contribution in [3.63, 3.8) is 0 Å². The summed E-state index contributed by atoms with van der Waals surface area (Å²) in [4.78, 5) is 19.3. The van der Waals surface area contributed by atoms with Gasteiger partial charge in [-0.1, -0.05) is 102 Å². The molecule has 4 nitrogen and oxygen atoms in total. The summed E-state index contributed by atoms with van der Waals surface area (Å²) in [5, 5.41) is 14.2. The highest BCUT2D eigenvalue weighted by Gasteiger charge is 2.70. The van der Waals surface area contributed by atoms with Crippen molar-refractivity contribution in [2.45, 2.75) is 144 Å². The molecule has 1 aromatic rings. The number of carbonyl (C=O) groups excluding carboxylic acids is 1. The van der Waals surface area contributed by atoms with E-state index in [1.54, 1.807) is 0 Å². The molecule has 0 saturated heterocycles. The molecule has 4 saturated carbocycles. The Hall–Kier alpha value is -1.20. The number of nitrogens with zero attached hydrogens (tertiary/aromatic N) is 2. The molecule has 6 atom stereocenters. The summed E-state index contributed by atoms with van der Waals surface area (Å²) in [6.45, 7) is 15.5. The fourth-order valence-corrected chi connectivity index (χ4v) is 12.3. The number of aliphatic hydroxyl groups excluding tert-OH is 1. The van der Waals surface area contributed by atoms with E-state index in [1.165, 1.54) is 62.5 Å². The topological polar surface area (TPSA) is 43.8 Å².